The molecule has 8 nitrogen and oxygen atoms in total. The second-order valence-corrected chi connectivity index (χ2v) is 11.6. The Kier molecular flexibility index (Phi) is 9.97. The minimum absolute atomic E-state index is 0.104. The quantitative estimate of drug-likeness (QED) is 0.474. The number of anilines is 1. The lowest BCUT2D eigenvalue weighted by Gasteiger charge is -2.34. The first-order chi connectivity index (χ1) is 17.6. The van der Waals surface area contributed by atoms with Crippen molar-refractivity contribution < 1.29 is 22.7 Å². The molecule has 0 aliphatic heterocycles. The molecule has 1 aliphatic rings. The number of methoxy groups -OCH3 is 1. The van der Waals surface area contributed by atoms with Crippen molar-refractivity contribution in [3.8, 4) is 5.75 Å². The van der Waals surface area contributed by atoms with Crippen LogP contribution in [0.25, 0.3) is 0 Å². The van der Waals surface area contributed by atoms with Gasteiger partial charge in [-0.25, -0.2) is 8.42 Å². The summed E-state index contributed by atoms with van der Waals surface area (Å²) < 4.78 is 32.0. The number of hydrogen-bond acceptors (Lipinski definition) is 5. The summed E-state index contributed by atoms with van der Waals surface area (Å²) in [5.74, 6) is -0.310. The third-order valence-corrected chi connectivity index (χ3v) is 7.93. The maximum absolute atomic E-state index is 13.9. The van der Waals surface area contributed by atoms with E-state index in [9.17, 15) is 18.0 Å². The fourth-order valence-electron chi connectivity index (χ4n) is 4.90. The molecule has 0 spiro atoms. The highest BCUT2D eigenvalue weighted by Gasteiger charge is 2.33. The lowest BCUT2D eigenvalue weighted by atomic mass is 9.95. The predicted octanol–water partition coefficient (Wildman–Crippen LogP) is 4.03. The number of nitrogens with one attached hydrogen (secondary N) is 1. The summed E-state index contributed by atoms with van der Waals surface area (Å²) in [6.07, 6.45) is 6.67. The number of carbonyl (C=O) groups excluding carboxylic acids is 2. The topological polar surface area (TPSA) is 96.0 Å². The van der Waals surface area contributed by atoms with E-state index < -0.39 is 28.5 Å². The molecular weight excluding hydrogens is 490 g/mol. The van der Waals surface area contributed by atoms with E-state index in [1.165, 1.54) is 18.4 Å². The van der Waals surface area contributed by atoms with Crippen LogP contribution in [0.1, 0.15) is 56.6 Å². The molecule has 2 aromatic carbocycles. The second-order valence-electron chi connectivity index (χ2n) is 9.72. The van der Waals surface area contributed by atoms with Crippen molar-refractivity contribution in [3.63, 3.8) is 0 Å². The van der Waals surface area contributed by atoms with Crippen molar-refractivity contribution in [1.82, 2.24) is 10.2 Å². The van der Waals surface area contributed by atoms with Gasteiger partial charge in [-0.1, -0.05) is 68.1 Å². The van der Waals surface area contributed by atoms with Gasteiger partial charge in [0.1, 0.15) is 18.3 Å². The highest BCUT2D eigenvalue weighted by atomic mass is 32.2. The molecule has 2 aromatic rings. The van der Waals surface area contributed by atoms with E-state index >= 15 is 0 Å². The van der Waals surface area contributed by atoms with Crippen LogP contribution in [0.2, 0.25) is 0 Å². The van der Waals surface area contributed by atoms with Gasteiger partial charge in [-0.2, -0.15) is 0 Å². The molecule has 0 radical (unpaired) electrons. The van der Waals surface area contributed by atoms with Crippen LogP contribution < -0.4 is 14.4 Å². The van der Waals surface area contributed by atoms with Crippen LogP contribution in [-0.2, 0) is 26.2 Å². The van der Waals surface area contributed by atoms with E-state index in [1.807, 2.05) is 38.1 Å². The van der Waals surface area contributed by atoms with Crippen LogP contribution in [0.5, 0.6) is 5.75 Å². The highest BCUT2D eigenvalue weighted by Crippen LogP contribution is 2.30. The monoisotopic (exact) mass is 529 g/mol. The fraction of sp³-hybridized carbons (Fsp3) is 0.500. The Hall–Kier alpha value is -3.07. The van der Waals surface area contributed by atoms with E-state index in [0.29, 0.717) is 12.2 Å². The van der Waals surface area contributed by atoms with Crippen molar-refractivity contribution in [3.05, 3.63) is 59.7 Å². The molecule has 3 rings (SSSR count). The minimum Gasteiger partial charge on any atom is -0.495 e. The van der Waals surface area contributed by atoms with E-state index in [2.05, 4.69) is 5.32 Å². The van der Waals surface area contributed by atoms with Gasteiger partial charge in [-0.3, -0.25) is 13.9 Å². The molecule has 0 heterocycles. The minimum atomic E-state index is -3.83. The molecule has 0 bridgehead atoms. The Morgan fingerprint density at radius 2 is 1.78 bits per heavy atom. The first-order valence-corrected chi connectivity index (χ1v) is 14.7. The largest absolute Gasteiger partial charge is 0.495 e. The van der Waals surface area contributed by atoms with Gasteiger partial charge in [-0.05, 0) is 43.9 Å². The number of nitrogens with zero attached hydrogens (tertiary/aromatic N) is 2. The van der Waals surface area contributed by atoms with E-state index in [1.54, 1.807) is 24.3 Å². The van der Waals surface area contributed by atoms with Gasteiger partial charge in [0.05, 0.1) is 19.1 Å². The Labute approximate surface area is 221 Å². The van der Waals surface area contributed by atoms with Crippen molar-refractivity contribution in [1.29, 1.82) is 0 Å². The maximum atomic E-state index is 13.9. The summed E-state index contributed by atoms with van der Waals surface area (Å²) in [6, 6.07) is 13.8. The van der Waals surface area contributed by atoms with Crippen molar-refractivity contribution in [2.45, 2.75) is 71.0 Å². The summed E-state index contributed by atoms with van der Waals surface area (Å²) in [6.45, 7) is 3.59. The van der Waals surface area contributed by atoms with Crippen LogP contribution in [0, 0.1) is 6.92 Å². The van der Waals surface area contributed by atoms with Gasteiger partial charge in [0.25, 0.3) is 0 Å². The van der Waals surface area contributed by atoms with E-state index in [4.69, 9.17) is 4.74 Å². The maximum Gasteiger partial charge on any atom is 0.244 e. The van der Waals surface area contributed by atoms with Crippen LogP contribution in [-0.4, -0.2) is 57.1 Å². The lowest BCUT2D eigenvalue weighted by molar-refractivity contribution is -0.140. The summed E-state index contributed by atoms with van der Waals surface area (Å²) in [4.78, 5) is 28.8. The second kappa shape index (κ2) is 12.9. The molecule has 1 atom stereocenters. The van der Waals surface area contributed by atoms with Gasteiger partial charge < -0.3 is 15.0 Å². The lowest BCUT2D eigenvalue weighted by Crippen LogP contribution is -2.54. The normalized spacial score (nSPS) is 15.0. The average molecular weight is 530 g/mol. The van der Waals surface area contributed by atoms with E-state index in [-0.39, 0.29) is 24.2 Å². The number of carbonyl (C=O) groups is 2. The molecule has 0 saturated heterocycles. The number of para-hydroxylation sites is 2. The average Bonchev–Trinajstić information content (AvgIpc) is 2.87. The number of ether oxygens (including phenoxy) is 1. The van der Waals surface area contributed by atoms with Crippen LogP contribution >= 0.6 is 0 Å². The fourth-order valence-corrected chi connectivity index (χ4v) is 5.75. The SMILES string of the molecule is CC[C@H](C(=O)NC1CCCCC1)N(Cc1cccc(C)c1)C(=O)CN(c1ccccc1OC)S(C)(=O)=O. The summed E-state index contributed by atoms with van der Waals surface area (Å²) in [5, 5.41) is 3.15. The molecule has 202 valence electrons. The van der Waals surface area contributed by atoms with Crippen molar-refractivity contribution in [2.24, 2.45) is 0 Å². The standard InChI is InChI=1S/C28H39N3O5S/c1-5-24(28(33)29-23-14-7-6-8-15-23)30(19-22-13-11-12-21(2)18-22)27(32)20-31(37(4,34)35)25-16-9-10-17-26(25)36-3/h9-13,16-18,23-24H,5-8,14-15,19-20H2,1-4H3,(H,29,33)/t24-/m1/s1. The van der Waals surface area contributed by atoms with E-state index in [0.717, 1.165) is 47.4 Å². The Bertz CT molecular complexity index is 1180. The van der Waals surface area contributed by atoms with Crippen LogP contribution in [0.3, 0.4) is 0 Å². The number of sulfonamides is 1. The first-order valence-electron chi connectivity index (χ1n) is 12.9. The summed E-state index contributed by atoms with van der Waals surface area (Å²) >= 11 is 0. The summed E-state index contributed by atoms with van der Waals surface area (Å²) in [7, 11) is -2.38. The molecule has 2 amide bonds. The zero-order valence-corrected chi connectivity index (χ0v) is 23.1. The smallest absolute Gasteiger partial charge is 0.244 e. The Morgan fingerprint density at radius 1 is 1.08 bits per heavy atom. The number of rotatable bonds is 11. The third-order valence-electron chi connectivity index (χ3n) is 6.81. The molecule has 1 fully saturated rings. The zero-order chi connectivity index (χ0) is 27.0. The first kappa shape index (κ1) is 28.5. The number of benzene rings is 2. The van der Waals surface area contributed by atoms with Crippen LogP contribution in [0.15, 0.2) is 48.5 Å². The number of hydrogen-bond donors (Lipinski definition) is 1. The van der Waals surface area contributed by atoms with Gasteiger partial charge in [0.15, 0.2) is 0 Å². The Balaban J connectivity index is 1.94. The predicted molar refractivity (Wildman–Crippen MR) is 146 cm³/mol. The molecule has 1 N–H and O–H groups in total. The van der Waals surface area contributed by atoms with Crippen LogP contribution in [0.4, 0.5) is 5.69 Å². The Morgan fingerprint density at radius 3 is 2.41 bits per heavy atom. The van der Waals surface area contributed by atoms with Gasteiger partial charge in [0, 0.05) is 12.6 Å². The molecule has 37 heavy (non-hydrogen) atoms. The van der Waals surface area contributed by atoms with Gasteiger partial charge in [0.2, 0.25) is 21.8 Å². The molecule has 0 unspecified atom stereocenters. The van der Waals surface area contributed by atoms with Gasteiger partial charge >= 0.3 is 0 Å². The molecule has 1 aliphatic carbocycles. The highest BCUT2D eigenvalue weighted by molar-refractivity contribution is 7.92. The van der Waals surface area contributed by atoms with Gasteiger partial charge in [-0.15, -0.1) is 0 Å². The third kappa shape index (κ3) is 7.71. The molecular formula is C28H39N3O5S. The van der Waals surface area contributed by atoms with Crippen molar-refractivity contribution in [2.75, 3.05) is 24.2 Å². The number of aryl methyl sites for hydroxylation is 1. The summed E-state index contributed by atoms with van der Waals surface area (Å²) in [5.41, 5.74) is 2.19. The van der Waals surface area contributed by atoms with Crippen molar-refractivity contribution >= 4 is 27.5 Å². The zero-order valence-electron chi connectivity index (χ0n) is 22.3. The molecule has 0 aromatic heterocycles. The number of amides is 2. The molecule has 1 saturated carbocycles. The molecule has 9 heteroatoms.